The van der Waals surface area contributed by atoms with Gasteiger partial charge < -0.3 is 9.88 Å². The molecule has 0 fully saturated rings. The molecule has 1 aromatic carbocycles. The Kier molecular flexibility index (Phi) is 4.38. The summed E-state index contributed by atoms with van der Waals surface area (Å²) in [5.74, 6) is 0. The zero-order valence-electron chi connectivity index (χ0n) is 12.3. The Morgan fingerprint density at radius 1 is 1.32 bits per heavy atom. The molecule has 0 aliphatic heterocycles. The number of aromatic nitrogens is 2. The van der Waals surface area contributed by atoms with Crippen LogP contribution in [0.4, 0.5) is 0 Å². The van der Waals surface area contributed by atoms with E-state index in [2.05, 4.69) is 60.8 Å². The van der Waals surface area contributed by atoms with Crippen molar-refractivity contribution in [1.29, 1.82) is 0 Å². The van der Waals surface area contributed by atoms with Crippen LogP contribution < -0.4 is 5.32 Å². The molecule has 0 aliphatic rings. The van der Waals surface area contributed by atoms with E-state index in [1.54, 1.807) is 0 Å². The molecular weight excluding hydrogens is 234 g/mol. The molecule has 3 nitrogen and oxygen atoms in total. The topological polar surface area (TPSA) is 29.9 Å². The molecule has 1 unspecified atom stereocenters. The highest BCUT2D eigenvalue weighted by Crippen LogP contribution is 2.19. The number of hydrogen-bond donors (Lipinski definition) is 1. The molecular formula is C16H23N3. The van der Waals surface area contributed by atoms with E-state index in [1.165, 1.54) is 22.4 Å². The minimum absolute atomic E-state index is 0.347. The first-order valence-corrected chi connectivity index (χ1v) is 6.91. The summed E-state index contributed by atoms with van der Waals surface area (Å²) in [6, 6.07) is 6.97. The summed E-state index contributed by atoms with van der Waals surface area (Å²) < 4.78 is 2.17. The molecule has 1 atom stereocenters. The van der Waals surface area contributed by atoms with Gasteiger partial charge in [-0.1, -0.05) is 23.8 Å². The van der Waals surface area contributed by atoms with E-state index in [-0.39, 0.29) is 0 Å². The van der Waals surface area contributed by atoms with E-state index in [4.69, 9.17) is 0 Å². The first kappa shape index (κ1) is 13.8. The van der Waals surface area contributed by atoms with E-state index in [0.717, 1.165) is 13.1 Å². The number of imidazole rings is 1. The normalized spacial score (nSPS) is 12.6. The standard InChI is InChI=1S/C16H23N3/c1-5-19-11-17-9-15(19)10-18-14(4)16-8-12(2)6-7-13(16)3/h6-9,11,14,18H,5,10H2,1-4H3. The lowest BCUT2D eigenvalue weighted by atomic mass is 10.00. The molecule has 19 heavy (non-hydrogen) atoms. The average molecular weight is 257 g/mol. The van der Waals surface area contributed by atoms with Crippen LogP contribution in [0.15, 0.2) is 30.7 Å². The van der Waals surface area contributed by atoms with Gasteiger partial charge in [-0.05, 0) is 38.8 Å². The molecule has 0 saturated carbocycles. The zero-order valence-corrected chi connectivity index (χ0v) is 12.3. The maximum absolute atomic E-state index is 4.20. The predicted octanol–water partition coefficient (Wildman–Crippen LogP) is 3.37. The molecule has 0 aliphatic carbocycles. The second-order valence-corrected chi connectivity index (χ2v) is 5.13. The van der Waals surface area contributed by atoms with E-state index in [0.29, 0.717) is 6.04 Å². The van der Waals surface area contributed by atoms with Crippen LogP contribution in [0.25, 0.3) is 0 Å². The molecule has 102 valence electrons. The van der Waals surface area contributed by atoms with Crippen molar-refractivity contribution in [2.75, 3.05) is 0 Å². The number of nitrogens with one attached hydrogen (secondary N) is 1. The molecule has 0 radical (unpaired) electrons. The van der Waals surface area contributed by atoms with Crippen molar-refractivity contribution < 1.29 is 0 Å². The Morgan fingerprint density at radius 3 is 2.84 bits per heavy atom. The van der Waals surface area contributed by atoms with Gasteiger partial charge in [-0.25, -0.2) is 4.98 Å². The molecule has 1 heterocycles. The molecule has 0 bridgehead atoms. The van der Waals surface area contributed by atoms with Crippen molar-refractivity contribution in [3.8, 4) is 0 Å². The Bertz CT molecular complexity index is 543. The lowest BCUT2D eigenvalue weighted by Gasteiger charge is -2.17. The third kappa shape index (κ3) is 3.24. The predicted molar refractivity (Wildman–Crippen MR) is 79.1 cm³/mol. The zero-order chi connectivity index (χ0) is 13.8. The smallest absolute Gasteiger partial charge is 0.0948 e. The molecule has 3 heteroatoms. The summed E-state index contributed by atoms with van der Waals surface area (Å²) in [4.78, 5) is 4.20. The van der Waals surface area contributed by atoms with Crippen molar-refractivity contribution in [3.05, 3.63) is 53.1 Å². The van der Waals surface area contributed by atoms with Gasteiger partial charge in [-0.3, -0.25) is 0 Å². The third-order valence-electron chi connectivity index (χ3n) is 3.63. The fourth-order valence-corrected chi connectivity index (χ4v) is 2.37. The van der Waals surface area contributed by atoms with Gasteiger partial charge in [0, 0.05) is 25.3 Å². The molecule has 1 N–H and O–H groups in total. The van der Waals surface area contributed by atoms with Gasteiger partial charge >= 0.3 is 0 Å². The monoisotopic (exact) mass is 257 g/mol. The van der Waals surface area contributed by atoms with Crippen LogP contribution in [0.1, 0.15) is 42.3 Å². The summed E-state index contributed by atoms with van der Waals surface area (Å²) in [5.41, 5.74) is 5.27. The highest BCUT2D eigenvalue weighted by atomic mass is 15.1. The second-order valence-electron chi connectivity index (χ2n) is 5.13. The molecule has 0 amide bonds. The van der Waals surface area contributed by atoms with Crippen LogP contribution in [0.5, 0.6) is 0 Å². The number of hydrogen-bond acceptors (Lipinski definition) is 2. The van der Waals surface area contributed by atoms with Crippen LogP contribution in [0, 0.1) is 13.8 Å². The van der Waals surface area contributed by atoms with E-state index < -0.39 is 0 Å². The van der Waals surface area contributed by atoms with Gasteiger partial charge in [0.2, 0.25) is 0 Å². The summed E-state index contributed by atoms with van der Waals surface area (Å²) >= 11 is 0. The highest BCUT2D eigenvalue weighted by Gasteiger charge is 2.09. The molecule has 2 aromatic rings. The highest BCUT2D eigenvalue weighted by molar-refractivity contribution is 5.32. The maximum Gasteiger partial charge on any atom is 0.0948 e. The lowest BCUT2D eigenvalue weighted by Crippen LogP contribution is -2.20. The van der Waals surface area contributed by atoms with Gasteiger partial charge in [0.05, 0.1) is 12.0 Å². The van der Waals surface area contributed by atoms with E-state index in [1.807, 2.05) is 12.5 Å². The number of benzene rings is 1. The molecule has 1 aromatic heterocycles. The van der Waals surface area contributed by atoms with Crippen LogP contribution in [-0.4, -0.2) is 9.55 Å². The summed E-state index contributed by atoms with van der Waals surface area (Å²) in [6.45, 7) is 10.5. The van der Waals surface area contributed by atoms with Crippen molar-refractivity contribution >= 4 is 0 Å². The van der Waals surface area contributed by atoms with Crippen molar-refractivity contribution in [2.24, 2.45) is 0 Å². The Hall–Kier alpha value is -1.61. The quantitative estimate of drug-likeness (QED) is 0.890. The SMILES string of the molecule is CCn1cncc1CNC(C)c1cc(C)ccc1C. The largest absolute Gasteiger partial charge is 0.334 e. The second kappa shape index (κ2) is 6.02. The summed E-state index contributed by atoms with van der Waals surface area (Å²) in [5, 5.41) is 3.58. The van der Waals surface area contributed by atoms with Gasteiger partial charge in [0.15, 0.2) is 0 Å². The number of aryl methyl sites for hydroxylation is 3. The third-order valence-corrected chi connectivity index (χ3v) is 3.63. The lowest BCUT2D eigenvalue weighted by molar-refractivity contribution is 0.547. The average Bonchev–Trinajstić information content (AvgIpc) is 2.86. The first-order chi connectivity index (χ1) is 9.11. The maximum atomic E-state index is 4.20. The molecule has 2 rings (SSSR count). The van der Waals surface area contributed by atoms with E-state index >= 15 is 0 Å². The van der Waals surface area contributed by atoms with Gasteiger partial charge in [0.1, 0.15) is 0 Å². The van der Waals surface area contributed by atoms with Crippen LogP contribution >= 0.6 is 0 Å². The van der Waals surface area contributed by atoms with E-state index in [9.17, 15) is 0 Å². The van der Waals surface area contributed by atoms with Crippen molar-refractivity contribution in [1.82, 2.24) is 14.9 Å². The van der Waals surface area contributed by atoms with Crippen molar-refractivity contribution in [3.63, 3.8) is 0 Å². The minimum atomic E-state index is 0.347. The fourth-order valence-electron chi connectivity index (χ4n) is 2.37. The summed E-state index contributed by atoms with van der Waals surface area (Å²) in [7, 11) is 0. The first-order valence-electron chi connectivity index (χ1n) is 6.91. The number of nitrogens with zero attached hydrogens (tertiary/aromatic N) is 2. The molecule has 0 saturated heterocycles. The Labute approximate surface area is 115 Å². The van der Waals surface area contributed by atoms with Gasteiger partial charge in [-0.2, -0.15) is 0 Å². The fraction of sp³-hybridized carbons (Fsp3) is 0.438. The Morgan fingerprint density at radius 2 is 2.11 bits per heavy atom. The molecule has 0 spiro atoms. The van der Waals surface area contributed by atoms with Crippen LogP contribution in [-0.2, 0) is 13.1 Å². The van der Waals surface area contributed by atoms with Crippen LogP contribution in [0.3, 0.4) is 0 Å². The van der Waals surface area contributed by atoms with Crippen LogP contribution in [0.2, 0.25) is 0 Å². The number of rotatable bonds is 5. The Balaban J connectivity index is 2.05. The van der Waals surface area contributed by atoms with Crippen molar-refractivity contribution in [2.45, 2.75) is 46.8 Å². The minimum Gasteiger partial charge on any atom is -0.334 e. The van der Waals surface area contributed by atoms with Gasteiger partial charge in [0.25, 0.3) is 0 Å². The van der Waals surface area contributed by atoms with Gasteiger partial charge in [-0.15, -0.1) is 0 Å². The summed E-state index contributed by atoms with van der Waals surface area (Å²) in [6.07, 6.45) is 3.83.